The van der Waals surface area contributed by atoms with E-state index < -0.39 is 0 Å². The zero-order valence-electron chi connectivity index (χ0n) is 8.88. The Balaban J connectivity index is 0.00000112. The van der Waals surface area contributed by atoms with Gasteiger partial charge in [-0.1, -0.05) is 0 Å². The summed E-state index contributed by atoms with van der Waals surface area (Å²) in [5.41, 5.74) is 2.19. The lowest BCUT2D eigenvalue weighted by atomic mass is 9.90. The molecule has 2 heterocycles. The molecule has 0 bridgehead atoms. The van der Waals surface area contributed by atoms with E-state index in [4.69, 9.17) is 0 Å². The fourth-order valence-electron chi connectivity index (χ4n) is 2.05. The van der Waals surface area contributed by atoms with E-state index in [2.05, 4.69) is 10.3 Å². The second-order valence-electron chi connectivity index (χ2n) is 3.99. The molecule has 84 valence electrons. The molecule has 0 unspecified atom stereocenters. The summed E-state index contributed by atoms with van der Waals surface area (Å²) in [5.74, 6) is 0.444. The number of hydrogen-bond acceptors (Lipinski definition) is 2. The van der Waals surface area contributed by atoms with Crippen molar-refractivity contribution in [1.82, 2.24) is 10.3 Å². The van der Waals surface area contributed by atoms with Crippen molar-refractivity contribution in [3.05, 3.63) is 33.7 Å². The lowest BCUT2D eigenvalue weighted by Gasteiger charge is -2.22. The second kappa shape index (κ2) is 5.33. The first-order valence-electron chi connectivity index (χ1n) is 5.17. The minimum Gasteiger partial charge on any atom is -0.329 e. The number of aryl methyl sites for hydroxylation is 1. The van der Waals surface area contributed by atoms with Crippen molar-refractivity contribution in [3.63, 3.8) is 0 Å². The Morgan fingerprint density at radius 3 is 2.67 bits per heavy atom. The molecule has 1 saturated heterocycles. The van der Waals surface area contributed by atoms with Crippen LogP contribution in [0.2, 0.25) is 0 Å². The number of aromatic nitrogens is 1. The number of rotatable bonds is 1. The van der Waals surface area contributed by atoms with Crippen LogP contribution in [0.4, 0.5) is 0 Å². The van der Waals surface area contributed by atoms with Gasteiger partial charge in [0.2, 0.25) is 0 Å². The Hall–Kier alpha value is -0.800. The Morgan fingerprint density at radius 2 is 2.00 bits per heavy atom. The lowest BCUT2D eigenvalue weighted by molar-refractivity contribution is 0.457. The highest BCUT2D eigenvalue weighted by Gasteiger charge is 2.17. The minimum atomic E-state index is 0. The average Bonchev–Trinajstić information content (AvgIpc) is 2.23. The fourth-order valence-corrected chi connectivity index (χ4v) is 2.05. The highest BCUT2D eigenvalue weighted by molar-refractivity contribution is 5.85. The number of hydrogen-bond donors (Lipinski definition) is 2. The number of nitrogens with one attached hydrogen (secondary N) is 2. The van der Waals surface area contributed by atoms with Gasteiger partial charge >= 0.3 is 0 Å². The first-order valence-corrected chi connectivity index (χ1v) is 5.17. The molecule has 1 fully saturated rings. The summed E-state index contributed by atoms with van der Waals surface area (Å²) in [4.78, 5) is 14.4. The van der Waals surface area contributed by atoms with Gasteiger partial charge in [0, 0.05) is 11.8 Å². The van der Waals surface area contributed by atoms with Crippen molar-refractivity contribution in [2.75, 3.05) is 13.1 Å². The van der Waals surface area contributed by atoms with Crippen LogP contribution in [0.25, 0.3) is 0 Å². The molecule has 4 heteroatoms. The largest absolute Gasteiger partial charge is 0.329 e. The van der Waals surface area contributed by atoms with E-state index in [1.807, 2.05) is 13.0 Å². The summed E-state index contributed by atoms with van der Waals surface area (Å²) in [5, 5.41) is 3.31. The van der Waals surface area contributed by atoms with E-state index in [1.54, 1.807) is 6.20 Å². The topological polar surface area (TPSA) is 44.9 Å². The summed E-state index contributed by atoms with van der Waals surface area (Å²) >= 11 is 0. The van der Waals surface area contributed by atoms with Crippen LogP contribution in [-0.4, -0.2) is 18.1 Å². The molecular weight excluding hydrogens is 212 g/mol. The van der Waals surface area contributed by atoms with Crippen molar-refractivity contribution in [2.24, 2.45) is 0 Å². The van der Waals surface area contributed by atoms with E-state index in [9.17, 15) is 4.79 Å². The number of piperidine rings is 1. The summed E-state index contributed by atoms with van der Waals surface area (Å²) in [6, 6.07) is 2.02. The van der Waals surface area contributed by atoms with Crippen LogP contribution in [-0.2, 0) is 0 Å². The third-order valence-electron chi connectivity index (χ3n) is 2.86. The molecular formula is C11H17ClN2O. The molecule has 15 heavy (non-hydrogen) atoms. The first kappa shape index (κ1) is 12.3. The van der Waals surface area contributed by atoms with Gasteiger partial charge in [-0.15, -0.1) is 12.4 Å². The fraction of sp³-hybridized carbons (Fsp3) is 0.545. The number of aromatic amines is 1. The molecule has 1 aromatic heterocycles. The summed E-state index contributed by atoms with van der Waals surface area (Å²) in [6.07, 6.45) is 3.92. The zero-order chi connectivity index (χ0) is 9.97. The van der Waals surface area contributed by atoms with E-state index in [1.165, 1.54) is 0 Å². The van der Waals surface area contributed by atoms with Crippen molar-refractivity contribution in [3.8, 4) is 0 Å². The van der Waals surface area contributed by atoms with Gasteiger partial charge < -0.3 is 10.3 Å². The molecule has 1 aliphatic rings. The Kier molecular flexibility index (Phi) is 4.36. The van der Waals surface area contributed by atoms with Crippen LogP contribution in [0.1, 0.15) is 29.9 Å². The molecule has 0 radical (unpaired) electrons. The van der Waals surface area contributed by atoms with Gasteiger partial charge in [0.25, 0.3) is 5.56 Å². The van der Waals surface area contributed by atoms with Gasteiger partial charge in [-0.25, -0.2) is 0 Å². The van der Waals surface area contributed by atoms with Gasteiger partial charge in [0.15, 0.2) is 0 Å². The predicted molar refractivity (Wildman–Crippen MR) is 63.9 cm³/mol. The highest BCUT2D eigenvalue weighted by Crippen LogP contribution is 2.22. The van der Waals surface area contributed by atoms with Gasteiger partial charge in [0.05, 0.1) is 0 Å². The minimum absolute atomic E-state index is 0. The van der Waals surface area contributed by atoms with Crippen LogP contribution in [0.15, 0.2) is 17.1 Å². The molecule has 1 aromatic rings. The summed E-state index contributed by atoms with van der Waals surface area (Å²) in [7, 11) is 0. The summed E-state index contributed by atoms with van der Waals surface area (Å²) in [6.45, 7) is 4.07. The second-order valence-corrected chi connectivity index (χ2v) is 3.99. The molecule has 0 aromatic carbocycles. The summed E-state index contributed by atoms with van der Waals surface area (Å²) < 4.78 is 0. The first-order chi connectivity index (χ1) is 6.77. The molecule has 0 aliphatic carbocycles. The maximum atomic E-state index is 11.6. The van der Waals surface area contributed by atoms with Gasteiger partial charge in [-0.05, 0) is 50.4 Å². The van der Waals surface area contributed by atoms with Crippen molar-refractivity contribution < 1.29 is 0 Å². The smallest absolute Gasteiger partial charge is 0.251 e. The third-order valence-corrected chi connectivity index (χ3v) is 2.86. The lowest BCUT2D eigenvalue weighted by Crippen LogP contribution is -2.29. The molecule has 0 saturated carbocycles. The molecule has 1 aliphatic heterocycles. The van der Waals surface area contributed by atoms with Gasteiger partial charge in [0.1, 0.15) is 0 Å². The van der Waals surface area contributed by atoms with E-state index in [-0.39, 0.29) is 18.0 Å². The monoisotopic (exact) mass is 228 g/mol. The number of pyridine rings is 1. The number of H-pyrrole nitrogens is 1. The van der Waals surface area contributed by atoms with Crippen LogP contribution in [0, 0.1) is 6.92 Å². The van der Waals surface area contributed by atoms with E-state index >= 15 is 0 Å². The van der Waals surface area contributed by atoms with E-state index in [0.29, 0.717) is 5.92 Å². The SMILES string of the molecule is Cc1c[nH]c(=O)c(C2CCNCC2)c1.Cl. The van der Waals surface area contributed by atoms with E-state index in [0.717, 1.165) is 37.1 Å². The predicted octanol–water partition coefficient (Wildman–Crippen LogP) is 1.57. The van der Waals surface area contributed by atoms with Crippen LogP contribution in [0.5, 0.6) is 0 Å². The average molecular weight is 229 g/mol. The maximum absolute atomic E-state index is 11.6. The van der Waals surface area contributed by atoms with Crippen LogP contribution in [0.3, 0.4) is 0 Å². The maximum Gasteiger partial charge on any atom is 0.251 e. The molecule has 0 atom stereocenters. The number of halogens is 1. The van der Waals surface area contributed by atoms with Gasteiger partial charge in [-0.2, -0.15) is 0 Å². The zero-order valence-corrected chi connectivity index (χ0v) is 9.69. The third kappa shape index (κ3) is 2.83. The normalized spacial score (nSPS) is 17.1. The Labute approximate surface area is 95.7 Å². The standard InChI is InChI=1S/C11H16N2O.ClH/c1-8-6-10(11(14)13-7-8)9-2-4-12-5-3-9;/h6-7,9,12H,2-5H2,1H3,(H,13,14);1H. The molecule has 3 nitrogen and oxygen atoms in total. The molecule has 2 N–H and O–H groups in total. The van der Waals surface area contributed by atoms with Crippen molar-refractivity contribution in [1.29, 1.82) is 0 Å². The Morgan fingerprint density at radius 1 is 1.33 bits per heavy atom. The highest BCUT2D eigenvalue weighted by atomic mass is 35.5. The van der Waals surface area contributed by atoms with Crippen LogP contribution < -0.4 is 10.9 Å². The quantitative estimate of drug-likeness (QED) is 0.767. The molecule has 2 rings (SSSR count). The van der Waals surface area contributed by atoms with Gasteiger partial charge in [-0.3, -0.25) is 4.79 Å². The molecule has 0 amide bonds. The Bertz CT molecular complexity index is 369. The molecule has 0 spiro atoms. The van der Waals surface area contributed by atoms with Crippen molar-refractivity contribution in [2.45, 2.75) is 25.7 Å². The van der Waals surface area contributed by atoms with Crippen molar-refractivity contribution >= 4 is 12.4 Å². The van der Waals surface area contributed by atoms with Crippen LogP contribution >= 0.6 is 12.4 Å².